The van der Waals surface area contributed by atoms with Crippen LogP contribution in [0, 0.1) is 11.3 Å². The third kappa shape index (κ3) is 3.35. The smallest absolute Gasteiger partial charge is 0.357 e. The number of carbonyl (C=O) groups excluding carboxylic acids is 1. The first-order valence-corrected chi connectivity index (χ1v) is 8.56. The minimum absolute atomic E-state index is 0.156. The van der Waals surface area contributed by atoms with Gasteiger partial charge in [0.25, 0.3) is 0 Å². The number of nitrogens with zero attached hydrogens (tertiary/aromatic N) is 3. The Balaban J connectivity index is 1.55. The molecule has 4 rings (SSSR count). The van der Waals surface area contributed by atoms with Gasteiger partial charge in [0.2, 0.25) is 0 Å². The Kier molecular flexibility index (Phi) is 4.24. The number of para-hydroxylation sites is 1. The van der Waals surface area contributed by atoms with E-state index in [1.165, 1.54) is 0 Å². The molecular formula is C21H17N3O2. The van der Waals surface area contributed by atoms with Gasteiger partial charge in [-0.25, -0.2) is 9.48 Å². The van der Waals surface area contributed by atoms with Crippen LogP contribution in [0.3, 0.4) is 0 Å². The lowest BCUT2D eigenvalue weighted by Gasteiger charge is -2.08. The van der Waals surface area contributed by atoms with Crippen LogP contribution in [0.4, 0.5) is 0 Å². The maximum absolute atomic E-state index is 12.7. The van der Waals surface area contributed by atoms with Gasteiger partial charge in [-0.15, -0.1) is 0 Å². The lowest BCUT2D eigenvalue weighted by molar-refractivity contribution is 0.0462. The van der Waals surface area contributed by atoms with Crippen LogP contribution in [0.5, 0.6) is 0 Å². The topological polar surface area (TPSA) is 67.9 Å². The molecule has 0 saturated heterocycles. The molecule has 0 aliphatic heterocycles. The number of hydrogen-bond donors (Lipinski definition) is 0. The second kappa shape index (κ2) is 6.85. The van der Waals surface area contributed by atoms with Crippen LogP contribution in [-0.2, 0) is 11.3 Å². The van der Waals surface area contributed by atoms with Crippen molar-refractivity contribution in [1.29, 1.82) is 5.26 Å². The molecule has 1 aliphatic rings. The first kappa shape index (κ1) is 16.1. The van der Waals surface area contributed by atoms with Crippen LogP contribution in [0.25, 0.3) is 5.69 Å². The van der Waals surface area contributed by atoms with Crippen molar-refractivity contribution >= 4 is 5.97 Å². The fraction of sp³-hybridized carbons (Fsp3) is 0.190. The van der Waals surface area contributed by atoms with Crippen LogP contribution in [0.15, 0.2) is 60.7 Å². The number of esters is 1. The highest BCUT2D eigenvalue weighted by atomic mass is 16.5. The predicted molar refractivity (Wildman–Crippen MR) is 95.8 cm³/mol. The zero-order chi connectivity index (χ0) is 17.9. The normalized spacial score (nSPS) is 13.2. The monoisotopic (exact) mass is 343 g/mol. The summed E-state index contributed by atoms with van der Waals surface area (Å²) >= 11 is 0. The molecule has 5 heteroatoms. The number of aromatic nitrogens is 2. The zero-order valence-electron chi connectivity index (χ0n) is 14.1. The van der Waals surface area contributed by atoms with Gasteiger partial charge in [0.15, 0.2) is 5.69 Å². The molecule has 0 N–H and O–H groups in total. The molecule has 1 aromatic heterocycles. The van der Waals surface area contributed by atoms with Gasteiger partial charge in [-0.05, 0) is 48.7 Å². The molecule has 1 heterocycles. The van der Waals surface area contributed by atoms with Gasteiger partial charge in [-0.3, -0.25) is 0 Å². The van der Waals surface area contributed by atoms with Crippen molar-refractivity contribution in [2.75, 3.05) is 0 Å². The molecule has 0 unspecified atom stereocenters. The van der Waals surface area contributed by atoms with Gasteiger partial charge in [-0.2, -0.15) is 10.4 Å². The Morgan fingerprint density at radius 3 is 2.54 bits per heavy atom. The molecule has 0 bridgehead atoms. The summed E-state index contributed by atoms with van der Waals surface area (Å²) in [6, 6.07) is 20.5. The summed E-state index contributed by atoms with van der Waals surface area (Å²) < 4.78 is 7.14. The number of carbonyl (C=O) groups is 1. The highest BCUT2D eigenvalue weighted by Gasteiger charge is 2.29. The Morgan fingerprint density at radius 1 is 1.15 bits per heavy atom. The van der Waals surface area contributed by atoms with Crippen LogP contribution in [0.2, 0.25) is 0 Å². The average molecular weight is 343 g/mol. The molecule has 0 amide bonds. The maximum Gasteiger partial charge on any atom is 0.357 e. The molecular weight excluding hydrogens is 326 g/mol. The van der Waals surface area contributed by atoms with E-state index in [4.69, 9.17) is 10.00 Å². The molecule has 1 saturated carbocycles. The Bertz CT molecular complexity index is 965. The van der Waals surface area contributed by atoms with E-state index in [0.29, 0.717) is 17.2 Å². The van der Waals surface area contributed by atoms with Gasteiger partial charge in [0.1, 0.15) is 6.61 Å². The van der Waals surface area contributed by atoms with E-state index in [0.717, 1.165) is 29.8 Å². The van der Waals surface area contributed by atoms with Crippen molar-refractivity contribution in [1.82, 2.24) is 9.78 Å². The largest absolute Gasteiger partial charge is 0.456 e. The van der Waals surface area contributed by atoms with Crippen molar-refractivity contribution in [2.24, 2.45) is 0 Å². The number of rotatable bonds is 5. The average Bonchev–Trinajstić information content (AvgIpc) is 3.45. The Morgan fingerprint density at radius 2 is 1.88 bits per heavy atom. The molecule has 3 aromatic rings. The molecule has 0 atom stereocenters. The minimum Gasteiger partial charge on any atom is -0.456 e. The second-order valence-electron chi connectivity index (χ2n) is 6.36. The van der Waals surface area contributed by atoms with E-state index >= 15 is 0 Å². The quantitative estimate of drug-likeness (QED) is 0.657. The molecule has 0 radical (unpaired) electrons. The summed E-state index contributed by atoms with van der Waals surface area (Å²) in [5, 5.41) is 13.5. The third-order valence-electron chi connectivity index (χ3n) is 4.39. The van der Waals surface area contributed by atoms with Crippen molar-refractivity contribution in [3.8, 4) is 11.8 Å². The molecule has 1 aliphatic carbocycles. The number of benzene rings is 2. The fourth-order valence-electron chi connectivity index (χ4n) is 2.79. The third-order valence-corrected chi connectivity index (χ3v) is 4.39. The Labute approximate surface area is 151 Å². The van der Waals surface area contributed by atoms with Crippen molar-refractivity contribution in [2.45, 2.75) is 25.4 Å². The lowest BCUT2D eigenvalue weighted by Crippen LogP contribution is -2.12. The lowest BCUT2D eigenvalue weighted by atomic mass is 10.2. The number of nitriles is 1. The SMILES string of the molecule is N#Cc1ccc(COC(=O)c2cc(C3CC3)nn2-c2ccccc2)cc1. The van der Waals surface area contributed by atoms with Crippen LogP contribution in [-0.4, -0.2) is 15.7 Å². The van der Waals surface area contributed by atoms with Gasteiger partial charge in [-0.1, -0.05) is 30.3 Å². The molecule has 0 spiro atoms. The highest BCUT2D eigenvalue weighted by molar-refractivity contribution is 5.88. The van der Waals surface area contributed by atoms with Crippen molar-refractivity contribution < 1.29 is 9.53 Å². The first-order valence-electron chi connectivity index (χ1n) is 8.56. The van der Waals surface area contributed by atoms with Crippen LogP contribution in [0.1, 0.15) is 46.1 Å². The number of ether oxygens (including phenoxy) is 1. The summed E-state index contributed by atoms with van der Waals surface area (Å²) in [4.78, 5) is 12.7. The van der Waals surface area contributed by atoms with E-state index in [-0.39, 0.29) is 6.61 Å². The predicted octanol–water partition coefficient (Wildman–Crippen LogP) is 3.98. The maximum atomic E-state index is 12.7. The summed E-state index contributed by atoms with van der Waals surface area (Å²) in [5.74, 6) is 0.0441. The fourth-order valence-corrected chi connectivity index (χ4v) is 2.79. The van der Waals surface area contributed by atoms with Crippen molar-refractivity contribution in [3.63, 3.8) is 0 Å². The van der Waals surface area contributed by atoms with E-state index in [9.17, 15) is 4.79 Å². The van der Waals surface area contributed by atoms with Crippen LogP contribution < -0.4 is 0 Å². The Hall–Kier alpha value is -3.39. The molecule has 128 valence electrons. The summed E-state index contributed by atoms with van der Waals surface area (Å²) in [6.45, 7) is 0.156. The molecule has 5 nitrogen and oxygen atoms in total. The number of hydrogen-bond acceptors (Lipinski definition) is 4. The second-order valence-corrected chi connectivity index (χ2v) is 6.36. The highest BCUT2D eigenvalue weighted by Crippen LogP contribution is 2.39. The van der Waals surface area contributed by atoms with Gasteiger partial charge < -0.3 is 4.74 Å². The first-order chi connectivity index (χ1) is 12.7. The minimum atomic E-state index is -0.405. The standard InChI is InChI=1S/C21H17N3O2/c22-13-15-6-8-16(9-7-15)14-26-21(25)20-12-19(17-10-11-17)23-24(20)18-4-2-1-3-5-18/h1-9,12,17H,10-11,14H2. The summed E-state index contributed by atoms with van der Waals surface area (Å²) in [6.07, 6.45) is 2.23. The van der Waals surface area contributed by atoms with E-state index in [2.05, 4.69) is 11.2 Å². The van der Waals surface area contributed by atoms with E-state index < -0.39 is 5.97 Å². The molecule has 26 heavy (non-hydrogen) atoms. The molecule has 1 fully saturated rings. The summed E-state index contributed by atoms with van der Waals surface area (Å²) in [5.41, 5.74) is 3.64. The molecule has 2 aromatic carbocycles. The van der Waals surface area contributed by atoms with E-state index in [1.54, 1.807) is 28.9 Å². The van der Waals surface area contributed by atoms with Gasteiger partial charge >= 0.3 is 5.97 Å². The van der Waals surface area contributed by atoms with E-state index in [1.807, 2.05) is 36.4 Å². The van der Waals surface area contributed by atoms with Gasteiger partial charge in [0, 0.05) is 5.92 Å². The van der Waals surface area contributed by atoms with Crippen molar-refractivity contribution in [3.05, 3.63) is 83.2 Å². The van der Waals surface area contributed by atoms with Crippen LogP contribution >= 0.6 is 0 Å². The summed E-state index contributed by atoms with van der Waals surface area (Å²) in [7, 11) is 0. The zero-order valence-corrected chi connectivity index (χ0v) is 14.1. The van der Waals surface area contributed by atoms with Gasteiger partial charge in [0.05, 0.1) is 23.0 Å².